The molecule has 2 atom stereocenters. The Morgan fingerprint density at radius 1 is 1.28 bits per heavy atom. The first-order valence-corrected chi connectivity index (χ1v) is 5.94. The van der Waals surface area contributed by atoms with Crippen LogP contribution in [0, 0.1) is 18.7 Å². The molecule has 100 valence electrons. The largest absolute Gasteiger partial charge is 0.391 e. The van der Waals surface area contributed by atoms with Gasteiger partial charge in [0.1, 0.15) is 5.82 Å². The Morgan fingerprint density at radius 3 is 2.61 bits per heavy atom. The standard InChI is InChI=1S/C13H15F4N/c1-8-6-10(14)2-3-11(8)12-7-9(4-5-18-12)13(15,16)17/h2-3,6,9,12,18H,4-5,7H2,1H3. The maximum Gasteiger partial charge on any atom is 0.391 e. The molecule has 1 N–H and O–H groups in total. The summed E-state index contributed by atoms with van der Waals surface area (Å²) in [4.78, 5) is 0. The number of benzene rings is 1. The predicted molar refractivity (Wildman–Crippen MR) is 60.7 cm³/mol. The van der Waals surface area contributed by atoms with Crippen LogP contribution >= 0.6 is 0 Å². The van der Waals surface area contributed by atoms with Crippen molar-refractivity contribution in [3.05, 3.63) is 35.1 Å². The highest BCUT2D eigenvalue weighted by Crippen LogP contribution is 2.38. The minimum absolute atomic E-state index is 0.0238. The number of hydrogen-bond donors (Lipinski definition) is 1. The second-order valence-electron chi connectivity index (χ2n) is 4.77. The Morgan fingerprint density at radius 2 is 2.00 bits per heavy atom. The van der Waals surface area contributed by atoms with Crippen molar-refractivity contribution in [1.82, 2.24) is 5.32 Å². The van der Waals surface area contributed by atoms with Crippen molar-refractivity contribution in [1.29, 1.82) is 0 Å². The van der Waals surface area contributed by atoms with Gasteiger partial charge in [0.05, 0.1) is 5.92 Å². The molecule has 1 aromatic rings. The highest BCUT2D eigenvalue weighted by atomic mass is 19.4. The molecule has 0 bridgehead atoms. The van der Waals surface area contributed by atoms with Crippen molar-refractivity contribution in [2.75, 3.05) is 6.54 Å². The van der Waals surface area contributed by atoms with E-state index in [0.717, 1.165) is 5.56 Å². The second kappa shape index (κ2) is 4.88. The van der Waals surface area contributed by atoms with Gasteiger partial charge < -0.3 is 5.32 Å². The third kappa shape index (κ3) is 2.83. The van der Waals surface area contributed by atoms with E-state index in [1.54, 1.807) is 13.0 Å². The van der Waals surface area contributed by atoms with E-state index in [2.05, 4.69) is 5.32 Å². The first kappa shape index (κ1) is 13.3. The summed E-state index contributed by atoms with van der Waals surface area (Å²) in [5.74, 6) is -1.63. The lowest BCUT2D eigenvalue weighted by molar-refractivity contribution is -0.183. The lowest BCUT2D eigenvalue weighted by Gasteiger charge is -2.32. The maximum atomic E-state index is 13.0. The van der Waals surface area contributed by atoms with E-state index in [1.165, 1.54) is 12.1 Å². The van der Waals surface area contributed by atoms with E-state index in [-0.39, 0.29) is 24.7 Å². The minimum atomic E-state index is -4.14. The minimum Gasteiger partial charge on any atom is -0.310 e. The first-order chi connectivity index (χ1) is 8.38. The van der Waals surface area contributed by atoms with Crippen LogP contribution in [0.15, 0.2) is 18.2 Å². The highest BCUT2D eigenvalue weighted by molar-refractivity contribution is 5.30. The number of aryl methyl sites for hydroxylation is 1. The molecule has 2 unspecified atom stereocenters. The van der Waals surface area contributed by atoms with E-state index in [0.29, 0.717) is 12.1 Å². The van der Waals surface area contributed by atoms with Crippen molar-refractivity contribution in [2.24, 2.45) is 5.92 Å². The number of piperidine rings is 1. The topological polar surface area (TPSA) is 12.0 Å². The lowest BCUT2D eigenvalue weighted by Crippen LogP contribution is -2.38. The molecule has 1 saturated heterocycles. The van der Waals surface area contributed by atoms with Gasteiger partial charge in [-0.2, -0.15) is 13.2 Å². The molecule has 1 nitrogen and oxygen atoms in total. The molecule has 1 aromatic carbocycles. The molecule has 0 aromatic heterocycles. The fourth-order valence-electron chi connectivity index (χ4n) is 2.48. The third-order valence-electron chi connectivity index (χ3n) is 3.47. The summed E-state index contributed by atoms with van der Waals surface area (Å²) in [5.41, 5.74) is 1.45. The van der Waals surface area contributed by atoms with Gasteiger partial charge in [0, 0.05) is 6.04 Å². The zero-order valence-electron chi connectivity index (χ0n) is 10.0. The van der Waals surface area contributed by atoms with Gasteiger partial charge in [0.2, 0.25) is 0 Å². The Balaban J connectivity index is 2.18. The number of nitrogens with one attached hydrogen (secondary N) is 1. The summed E-state index contributed by atoms with van der Waals surface area (Å²) in [6.07, 6.45) is -4.01. The molecule has 5 heteroatoms. The smallest absolute Gasteiger partial charge is 0.310 e. The summed E-state index contributed by atoms with van der Waals surface area (Å²) < 4.78 is 51.1. The van der Waals surface area contributed by atoms with Gasteiger partial charge in [0.15, 0.2) is 0 Å². The van der Waals surface area contributed by atoms with Crippen molar-refractivity contribution in [3.8, 4) is 0 Å². The zero-order chi connectivity index (χ0) is 13.3. The molecular formula is C13H15F4N. The van der Waals surface area contributed by atoms with Gasteiger partial charge in [-0.05, 0) is 49.6 Å². The van der Waals surface area contributed by atoms with E-state index >= 15 is 0 Å². The summed E-state index contributed by atoms with van der Waals surface area (Å²) in [6.45, 7) is 2.06. The molecule has 0 spiro atoms. The molecule has 0 amide bonds. The molecule has 1 heterocycles. The fraction of sp³-hybridized carbons (Fsp3) is 0.538. The summed E-state index contributed by atoms with van der Waals surface area (Å²) in [6, 6.07) is 3.88. The Hall–Kier alpha value is -1.10. The maximum absolute atomic E-state index is 13.0. The Kier molecular flexibility index (Phi) is 3.61. The molecule has 1 fully saturated rings. The van der Waals surface area contributed by atoms with Crippen LogP contribution in [-0.4, -0.2) is 12.7 Å². The summed E-state index contributed by atoms with van der Waals surface area (Å²) in [7, 11) is 0. The van der Waals surface area contributed by atoms with E-state index in [4.69, 9.17) is 0 Å². The third-order valence-corrected chi connectivity index (χ3v) is 3.47. The van der Waals surface area contributed by atoms with Gasteiger partial charge in [-0.15, -0.1) is 0 Å². The van der Waals surface area contributed by atoms with Crippen LogP contribution in [0.4, 0.5) is 17.6 Å². The summed E-state index contributed by atoms with van der Waals surface area (Å²) in [5, 5.41) is 3.08. The van der Waals surface area contributed by atoms with Crippen LogP contribution in [-0.2, 0) is 0 Å². The van der Waals surface area contributed by atoms with Crippen molar-refractivity contribution in [3.63, 3.8) is 0 Å². The van der Waals surface area contributed by atoms with Crippen LogP contribution < -0.4 is 5.32 Å². The van der Waals surface area contributed by atoms with Crippen molar-refractivity contribution < 1.29 is 17.6 Å². The quantitative estimate of drug-likeness (QED) is 0.759. The van der Waals surface area contributed by atoms with E-state index in [9.17, 15) is 17.6 Å². The molecule has 0 aliphatic carbocycles. The number of hydrogen-bond acceptors (Lipinski definition) is 1. The number of alkyl halides is 3. The van der Waals surface area contributed by atoms with Crippen LogP contribution in [0.25, 0.3) is 0 Å². The average Bonchev–Trinajstić information content (AvgIpc) is 2.28. The van der Waals surface area contributed by atoms with Crippen LogP contribution in [0.5, 0.6) is 0 Å². The summed E-state index contributed by atoms with van der Waals surface area (Å²) >= 11 is 0. The average molecular weight is 261 g/mol. The Labute approximate surface area is 103 Å². The van der Waals surface area contributed by atoms with Crippen molar-refractivity contribution >= 4 is 0 Å². The molecule has 1 aliphatic heterocycles. The van der Waals surface area contributed by atoms with Gasteiger partial charge in [-0.3, -0.25) is 0 Å². The van der Waals surface area contributed by atoms with Gasteiger partial charge in [-0.25, -0.2) is 4.39 Å². The fourth-order valence-corrected chi connectivity index (χ4v) is 2.48. The molecule has 0 saturated carbocycles. The monoisotopic (exact) mass is 261 g/mol. The SMILES string of the molecule is Cc1cc(F)ccc1C1CC(C(F)(F)F)CCN1. The second-order valence-corrected chi connectivity index (χ2v) is 4.77. The van der Waals surface area contributed by atoms with Gasteiger partial charge in [0.25, 0.3) is 0 Å². The van der Waals surface area contributed by atoms with E-state index < -0.39 is 12.1 Å². The Bertz CT molecular complexity index is 427. The number of rotatable bonds is 1. The van der Waals surface area contributed by atoms with Gasteiger partial charge >= 0.3 is 6.18 Å². The van der Waals surface area contributed by atoms with Crippen molar-refractivity contribution in [2.45, 2.75) is 32.0 Å². The van der Waals surface area contributed by atoms with Crippen LogP contribution in [0.2, 0.25) is 0 Å². The van der Waals surface area contributed by atoms with Crippen LogP contribution in [0.1, 0.15) is 30.0 Å². The van der Waals surface area contributed by atoms with Crippen LogP contribution in [0.3, 0.4) is 0 Å². The molecule has 1 aliphatic rings. The van der Waals surface area contributed by atoms with Gasteiger partial charge in [-0.1, -0.05) is 6.07 Å². The lowest BCUT2D eigenvalue weighted by atomic mass is 9.87. The normalized spacial score (nSPS) is 25.2. The molecular weight excluding hydrogens is 246 g/mol. The molecule has 18 heavy (non-hydrogen) atoms. The number of halogens is 4. The van der Waals surface area contributed by atoms with E-state index in [1.807, 2.05) is 0 Å². The highest BCUT2D eigenvalue weighted by Gasteiger charge is 2.42. The first-order valence-electron chi connectivity index (χ1n) is 5.94. The molecule has 2 rings (SSSR count). The predicted octanol–water partition coefficient (Wildman–Crippen LogP) is 3.74. The molecule has 0 radical (unpaired) electrons. The zero-order valence-corrected chi connectivity index (χ0v) is 10.0.